The van der Waals surface area contributed by atoms with E-state index in [4.69, 9.17) is 24.4 Å². The van der Waals surface area contributed by atoms with Crippen molar-refractivity contribution in [1.82, 2.24) is 18.4 Å². The Balaban J connectivity index is 1.05. The first-order chi connectivity index (χ1) is 23.1. The third kappa shape index (κ3) is 3.51. The Morgan fingerprint density at radius 1 is 0.468 bits per heavy atom. The van der Waals surface area contributed by atoms with Gasteiger partial charge in [0.15, 0.2) is 15.3 Å². The largest absolute Gasteiger partial charge is 0.296 e. The van der Waals surface area contributed by atoms with Crippen LogP contribution in [0.15, 0.2) is 109 Å². The number of rotatable bonds is 4. The zero-order valence-electron chi connectivity index (χ0n) is 25.4. The highest BCUT2D eigenvalue weighted by Crippen LogP contribution is 2.47. The van der Waals surface area contributed by atoms with E-state index in [1.165, 1.54) is 80.9 Å². The van der Waals surface area contributed by atoms with Crippen LogP contribution in [0.5, 0.6) is 0 Å². The highest BCUT2D eigenvalue weighted by molar-refractivity contribution is 8.14. The summed E-state index contributed by atoms with van der Waals surface area (Å²) in [4.78, 5) is 4.74. The van der Waals surface area contributed by atoms with Crippen LogP contribution in [0.3, 0.4) is 0 Å². The molecule has 0 bridgehead atoms. The van der Waals surface area contributed by atoms with Crippen LogP contribution in [0.1, 0.15) is 17.5 Å². The van der Waals surface area contributed by atoms with E-state index < -0.39 is 10.9 Å². The third-order valence-electron chi connectivity index (χ3n) is 10.6. The van der Waals surface area contributed by atoms with E-state index in [-0.39, 0.29) is 0 Å². The molecule has 0 aromatic heterocycles. The van der Waals surface area contributed by atoms with E-state index in [0.717, 1.165) is 42.8 Å². The SMILES string of the molecule is S=C1N2CCCN3C(=S)N(Cc4ccc5ccc6cccc7ccc4c5c67)S(=C23)N1Cc1ccc2ccc3cccc4ccc1c2c34. The van der Waals surface area contributed by atoms with Gasteiger partial charge in [-0.1, -0.05) is 109 Å². The first kappa shape index (κ1) is 26.5. The van der Waals surface area contributed by atoms with Crippen molar-refractivity contribution in [3.05, 3.63) is 120 Å². The molecule has 0 radical (unpaired) electrons. The van der Waals surface area contributed by atoms with Crippen molar-refractivity contribution >= 4 is 115 Å². The molecule has 0 saturated carbocycles. The second kappa shape index (κ2) is 9.50. The normalized spacial score (nSPS) is 17.1. The van der Waals surface area contributed by atoms with Crippen molar-refractivity contribution in [3.63, 3.8) is 0 Å². The summed E-state index contributed by atoms with van der Waals surface area (Å²) in [6.07, 6.45) is 1.04. The van der Waals surface area contributed by atoms with Crippen LogP contribution in [-0.4, -0.2) is 46.8 Å². The Morgan fingerprint density at radius 2 is 0.851 bits per heavy atom. The molecule has 0 unspecified atom stereocenters. The zero-order valence-corrected chi connectivity index (χ0v) is 27.9. The summed E-state index contributed by atoms with van der Waals surface area (Å²) in [5, 5.41) is 18.9. The molecular weight excluding hydrogens is 633 g/mol. The lowest BCUT2D eigenvalue weighted by Gasteiger charge is -2.37. The minimum Gasteiger partial charge on any atom is -0.296 e. The Kier molecular flexibility index (Phi) is 5.36. The maximum Gasteiger partial charge on any atom is 0.189 e. The molecule has 7 heteroatoms. The van der Waals surface area contributed by atoms with Crippen LogP contribution in [0.25, 0.3) is 64.6 Å². The minimum absolute atomic E-state index is 0.420. The fourth-order valence-corrected chi connectivity index (χ4v) is 11.9. The van der Waals surface area contributed by atoms with E-state index >= 15 is 0 Å². The third-order valence-corrected chi connectivity index (χ3v) is 13.9. The van der Waals surface area contributed by atoms with Gasteiger partial charge in [0.25, 0.3) is 0 Å². The van der Waals surface area contributed by atoms with Crippen LogP contribution in [0.2, 0.25) is 0 Å². The summed E-state index contributed by atoms with van der Waals surface area (Å²) >= 11 is 12.6. The van der Waals surface area contributed by atoms with Crippen LogP contribution < -0.4 is 0 Å². The predicted octanol–water partition coefficient (Wildman–Crippen LogP) is 9.58. The Morgan fingerprint density at radius 3 is 1.30 bits per heavy atom. The molecule has 0 N–H and O–H groups in total. The summed E-state index contributed by atoms with van der Waals surface area (Å²) in [5.41, 5.74) is 2.61. The van der Waals surface area contributed by atoms with Gasteiger partial charge in [-0.2, -0.15) is 0 Å². The molecule has 47 heavy (non-hydrogen) atoms. The van der Waals surface area contributed by atoms with Crippen molar-refractivity contribution < 1.29 is 0 Å². The number of hydrogen-bond donors (Lipinski definition) is 0. The quantitative estimate of drug-likeness (QED) is 0.137. The van der Waals surface area contributed by atoms with Crippen molar-refractivity contribution in [2.24, 2.45) is 0 Å². The maximum absolute atomic E-state index is 6.31. The highest BCUT2D eigenvalue weighted by Gasteiger charge is 2.48. The van der Waals surface area contributed by atoms with Gasteiger partial charge in [0, 0.05) is 13.1 Å². The molecule has 0 amide bonds. The van der Waals surface area contributed by atoms with Gasteiger partial charge in [-0.05, 0) is 107 Å². The second-order valence-electron chi connectivity index (χ2n) is 13.0. The average Bonchev–Trinajstić information content (AvgIpc) is 3.55. The van der Waals surface area contributed by atoms with Crippen LogP contribution in [0.4, 0.5) is 0 Å². The summed E-state index contributed by atoms with van der Waals surface area (Å²) in [7, 11) is -0.420. The van der Waals surface area contributed by atoms with Crippen LogP contribution in [-0.2, 0) is 13.1 Å². The number of hydrogen-bond acceptors (Lipinski definition) is 2. The first-order valence-corrected chi connectivity index (χ1v) is 18.2. The maximum atomic E-state index is 6.31. The molecule has 3 aliphatic rings. The van der Waals surface area contributed by atoms with Gasteiger partial charge >= 0.3 is 0 Å². The lowest BCUT2D eigenvalue weighted by atomic mass is 9.92. The highest BCUT2D eigenvalue weighted by atomic mass is 32.2. The van der Waals surface area contributed by atoms with Gasteiger partial charge in [0.1, 0.15) is 0 Å². The van der Waals surface area contributed by atoms with E-state index in [0.29, 0.717) is 0 Å². The summed E-state index contributed by atoms with van der Waals surface area (Å²) in [6.45, 7) is 3.36. The van der Waals surface area contributed by atoms with Gasteiger partial charge in [0.2, 0.25) is 0 Å². The molecular formula is C40H28N4S3. The van der Waals surface area contributed by atoms with Gasteiger partial charge in [-0.25, -0.2) is 0 Å². The molecule has 3 aliphatic heterocycles. The van der Waals surface area contributed by atoms with Gasteiger partial charge in [0.05, 0.1) is 23.9 Å². The summed E-state index contributed by atoms with van der Waals surface area (Å²) in [5.74, 6) is 0. The Hall–Kier alpha value is -4.56. The van der Waals surface area contributed by atoms with E-state index in [1.807, 2.05) is 0 Å². The van der Waals surface area contributed by atoms with Crippen molar-refractivity contribution in [2.45, 2.75) is 19.5 Å². The van der Waals surface area contributed by atoms with Gasteiger partial charge in [-0.15, -0.1) is 0 Å². The smallest absolute Gasteiger partial charge is 0.189 e. The predicted molar refractivity (Wildman–Crippen MR) is 207 cm³/mol. The molecule has 8 aromatic rings. The zero-order chi connectivity index (χ0) is 31.0. The van der Waals surface area contributed by atoms with Crippen molar-refractivity contribution in [2.75, 3.05) is 13.1 Å². The number of benzene rings is 8. The molecule has 0 aliphatic carbocycles. The Bertz CT molecular complexity index is 2480. The number of nitrogens with zero attached hydrogens (tertiary/aromatic N) is 4. The molecule has 8 aromatic carbocycles. The van der Waals surface area contributed by atoms with Gasteiger partial charge in [-0.3, -0.25) is 18.4 Å². The van der Waals surface area contributed by atoms with E-state index in [1.54, 1.807) is 0 Å². The van der Waals surface area contributed by atoms with Gasteiger partial charge < -0.3 is 0 Å². The molecule has 1 saturated heterocycles. The van der Waals surface area contributed by atoms with Crippen LogP contribution >= 0.6 is 35.3 Å². The topological polar surface area (TPSA) is 13.0 Å². The fourth-order valence-electron chi connectivity index (χ4n) is 8.44. The standard InChI is InChI=1S/C40H28N4S3/c45-38-41-20-3-21-42-39(46)44(23-31-15-13-29-11-9-25-5-2-7-27-17-19-33(31)37(29)35(25)27)47(40(41)42)43(38)22-30-14-12-28-10-8-24-4-1-6-26-16-18-32(30)36(28)34(24)26/h1-2,4-19H,3,20-23H2. The second-order valence-corrected chi connectivity index (χ2v) is 15.5. The summed E-state index contributed by atoms with van der Waals surface area (Å²) in [6, 6.07) is 40.6. The van der Waals surface area contributed by atoms with E-state index in [9.17, 15) is 0 Å². The lowest BCUT2D eigenvalue weighted by Crippen LogP contribution is -2.52. The fraction of sp³-hybridized carbons (Fsp3) is 0.125. The Labute approximate surface area is 285 Å². The lowest BCUT2D eigenvalue weighted by molar-refractivity contribution is 0.390. The molecule has 11 rings (SSSR count). The summed E-state index contributed by atoms with van der Waals surface area (Å²) < 4.78 is 4.93. The molecule has 3 heterocycles. The molecule has 0 atom stereocenters. The molecule has 0 spiro atoms. The minimum atomic E-state index is -0.420. The average molecular weight is 661 g/mol. The molecule has 1 fully saturated rings. The van der Waals surface area contributed by atoms with Crippen LogP contribution in [0, 0.1) is 0 Å². The monoisotopic (exact) mass is 660 g/mol. The van der Waals surface area contributed by atoms with Crippen molar-refractivity contribution in [1.29, 1.82) is 0 Å². The number of thiocarbonyl (C=S) groups is 2. The molecule has 4 nitrogen and oxygen atoms in total. The van der Waals surface area contributed by atoms with E-state index in [2.05, 4.69) is 128 Å². The molecule has 226 valence electrons. The van der Waals surface area contributed by atoms with Crippen molar-refractivity contribution in [3.8, 4) is 0 Å². The first-order valence-electron chi connectivity index (χ1n) is 16.2.